The van der Waals surface area contributed by atoms with Crippen LogP contribution in [0.1, 0.15) is 26.7 Å². The molecule has 0 bridgehead atoms. The molecule has 1 amide bonds. The molecule has 0 saturated carbocycles. The maximum absolute atomic E-state index is 11.9. The number of hydrogen-bond acceptors (Lipinski definition) is 4. The Morgan fingerprint density at radius 3 is 2.14 bits per heavy atom. The van der Waals surface area contributed by atoms with Crippen molar-refractivity contribution in [2.45, 2.75) is 70.6 Å². The van der Waals surface area contributed by atoms with Gasteiger partial charge in [0.1, 0.15) is 12.1 Å². The van der Waals surface area contributed by atoms with Crippen LogP contribution in [0.3, 0.4) is 0 Å². The molecule has 0 aromatic heterocycles. The first-order chi connectivity index (χ1) is 9.44. The first-order valence-electron chi connectivity index (χ1n) is 7.41. The number of rotatable bonds is 9. The lowest BCUT2D eigenvalue weighted by atomic mass is 10.0. The van der Waals surface area contributed by atoms with E-state index in [0.29, 0.717) is 12.8 Å². The van der Waals surface area contributed by atoms with Gasteiger partial charge in [-0.05, 0) is 18.8 Å². The van der Waals surface area contributed by atoms with E-state index in [-0.39, 0.29) is 5.92 Å². The highest BCUT2D eigenvalue weighted by molar-refractivity contribution is 6.76. The van der Waals surface area contributed by atoms with Crippen LogP contribution in [0.25, 0.3) is 0 Å². The van der Waals surface area contributed by atoms with E-state index in [1.807, 2.05) is 13.8 Å². The fourth-order valence-corrected chi connectivity index (χ4v) is 3.10. The second kappa shape index (κ2) is 8.50. The van der Waals surface area contributed by atoms with Gasteiger partial charge in [0.2, 0.25) is 0 Å². The number of hydrogen-bond donors (Lipinski definition) is 4. The third kappa shape index (κ3) is 8.85. The van der Waals surface area contributed by atoms with Crippen molar-refractivity contribution in [2.75, 3.05) is 0 Å². The Morgan fingerprint density at radius 2 is 1.76 bits per heavy atom. The van der Waals surface area contributed by atoms with Gasteiger partial charge in [-0.1, -0.05) is 39.5 Å². The summed E-state index contributed by atoms with van der Waals surface area (Å²) in [4.78, 5) is 23.0. The van der Waals surface area contributed by atoms with Gasteiger partial charge >= 0.3 is 5.97 Å². The van der Waals surface area contributed by atoms with E-state index in [1.54, 1.807) is 0 Å². The zero-order valence-electron chi connectivity index (χ0n) is 13.7. The van der Waals surface area contributed by atoms with Crippen LogP contribution in [0, 0.1) is 5.92 Å². The predicted molar refractivity (Wildman–Crippen MR) is 85.8 cm³/mol. The fraction of sp³-hybridized carbons (Fsp3) is 0.857. The van der Waals surface area contributed by atoms with E-state index in [2.05, 4.69) is 25.0 Å². The molecule has 21 heavy (non-hydrogen) atoms. The molecule has 3 atom stereocenters. The number of carbonyl (C=O) groups is 2. The summed E-state index contributed by atoms with van der Waals surface area (Å²) < 4.78 is 0. The lowest BCUT2D eigenvalue weighted by molar-refractivity contribution is -0.144. The first-order valence-corrected chi connectivity index (χ1v) is 11.1. The molecule has 0 unspecified atom stereocenters. The molecule has 0 heterocycles. The number of nitrogens with one attached hydrogen (secondary N) is 1. The van der Waals surface area contributed by atoms with Crippen LogP contribution >= 0.6 is 0 Å². The summed E-state index contributed by atoms with van der Waals surface area (Å²) in [6.45, 7) is 10.3. The molecule has 0 fully saturated rings. The molecule has 6 nitrogen and oxygen atoms in total. The monoisotopic (exact) mass is 318 g/mol. The van der Waals surface area contributed by atoms with E-state index in [1.165, 1.54) is 0 Å². The number of aliphatic hydroxyl groups is 1. The summed E-state index contributed by atoms with van der Waals surface area (Å²) in [6.07, 6.45) is -0.486. The summed E-state index contributed by atoms with van der Waals surface area (Å²) >= 11 is 0. The Morgan fingerprint density at radius 1 is 1.24 bits per heavy atom. The maximum Gasteiger partial charge on any atom is 0.326 e. The molecule has 0 radical (unpaired) electrons. The molecule has 0 aliphatic heterocycles. The van der Waals surface area contributed by atoms with Crippen molar-refractivity contribution in [3.63, 3.8) is 0 Å². The number of aliphatic hydroxyl groups excluding tert-OH is 1. The van der Waals surface area contributed by atoms with Gasteiger partial charge in [0.25, 0.3) is 5.91 Å². The average molecular weight is 318 g/mol. The molecule has 0 saturated heterocycles. The van der Waals surface area contributed by atoms with Gasteiger partial charge in [-0.3, -0.25) is 4.79 Å². The van der Waals surface area contributed by atoms with Gasteiger partial charge in [-0.2, -0.15) is 0 Å². The van der Waals surface area contributed by atoms with Gasteiger partial charge in [-0.15, -0.1) is 0 Å². The van der Waals surface area contributed by atoms with Gasteiger partial charge in [-0.25, -0.2) is 4.79 Å². The predicted octanol–water partition coefficient (Wildman–Crippen LogP) is 1.02. The SMILES string of the molecule is CC(C)C[C@H](NC(=O)[C@@H](O)[C@H](N)CC[Si](C)(C)C)C(=O)O. The van der Waals surface area contributed by atoms with Gasteiger partial charge < -0.3 is 21.3 Å². The van der Waals surface area contributed by atoms with Crippen LogP contribution in [-0.4, -0.2) is 48.4 Å². The van der Waals surface area contributed by atoms with Gasteiger partial charge in [0, 0.05) is 14.1 Å². The minimum absolute atomic E-state index is 0.129. The highest BCUT2D eigenvalue weighted by Crippen LogP contribution is 2.14. The molecule has 124 valence electrons. The number of amides is 1. The zero-order chi connectivity index (χ0) is 16.8. The molecular formula is C14H30N2O4Si. The second-order valence-electron chi connectivity index (χ2n) is 7.24. The second-order valence-corrected chi connectivity index (χ2v) is 12.9. The van der Waals surface area contributed by atoms with E-state index >= 15 is 0 Å². The van der Waals surface area contributed by atoms with Crippen molar-refractivity contribution in [3.8, 4) is 0 Å². The summed E-state index contributed by atoms with van der Waals surface area (Å²) in [5, 5.41) is 21.4. The van der Waals surface area contributed by atoms with Crippen molar-refractivity contribution >= 4 is 20.0 Å². The van der Waals surface area contributed by atoms with Crippen molar-refractivity contribution < 1.29 is 19.8 Å². The van der Waals surface area contributed by atoms with E-state index in [0.717, 1.165) is 6.04 Å². The Bertz CT molecular complexity index is 355. The standard InChI is InChI=1S/C14H30N2O4Si/c1-9(2)8-11(14(19)20)16-13(18)12(17)10(15)6-7-21(3,4)5/h9-12,17H,6-8,15H2,1-5H3,(H,16,18)(H,19,20)/t10-,11+,12+/m1/s1. The number of nitrogens with two attached hydrogens (primary N) is 1. The van der Waals surface area contributed by atoms with E-state index in [4.69, 9.17) is 10.8 Å². The topological polar surface area (TPSA) is 113 Å². The van der Waals surface area contributed by atoms with E-state index in [9.17, 15) is 14.7 Å². The smallest absolute Gasteiger partial charge is 0.326 e. The molecular weight excluding hydrogens is 288 g/mol. The van der Waals surface area contributed by atoms with Crippen molar-refractivity contribution in [3.05, 3.63) is 0 Å². The Kier molecular flexibility index (Phi) is 8.13. The molecule has 0 aromatic carbocycles. The Balaban J connectivity index is 4.50. The summed E-state index contributed by atoms with van der Waals surface area (Å²) in [7, 11) is -1.29. The van der Waals surface area contributed by atoms with Crippen LogP contribution in [-0.2, 0) is 9.59 Å². The van der Waals surface area contributed by atoms with Crippen LogP contribution in [0.2, 0.25) is 25.7 Å². The molecule has 0 aliphatic rings. The minimum atomic E-state index is -1.37. The van der Waals surface area contributed by atoms with Crippen molar-refractivity contribution in [1.29, 1.82) is 0 Å². The van der Waals surface area contributed by atoms with Crippen LogP contribution in [0.4, 0.5) is 0 Å². The van der Waals surface area contributed by atoms with Gasteiger partial charge in [0.05, 0.1) is 0 Å². The summed E-state index contributed by atoms with van der Waals surface area (Å²) in [5.74, 6) is -1.67. The lowest BCUT2D eigenvalue weighted by Crippen LogP contribution is -2.51. The van der Waals surface area contributed by atoms with Crippen LogP contribution < -0.4 is 11.1 Å². The molecule has 5 N–H and O–H groups in total. The number of carboxylic acids is 1. The quantitative estimate of drug-likeness (QED) is 0.474. The van der Waals surface area contributed by atoms with Crippen LogP contribution in [0.15, 0.2) is 0 Å². The highest BCUT2D eigenvalue weighted by atomic mass is 28.3. The number of aliphatic carboxylic acids is 1. The fourth-order valence-electron chi connectivity index (χ4n) is 1.90. The molecule has 0 spiro atoms. The van der Waals surface area contributed by atoms with Crippen molar-refractivity contribution in [1.82, 2.24) is 5.32 Å². The summed E-state index contributed by atoms with van der Waals surface area (Å²) in [6, 6.07) is -0.742. The van der Waals surface area contributed by atoms with Crippen LogP contribution in [0.5, 0.6) is 0 Å². The molecule has 7 heteroatoms. The first kappa shape index (κ1) is 20.1. The Hall–Kier alpha value is -0.923. The average Bonchev–Trinajstić information content (AvgIpc) is 2.32. The Labute approximate surface area is 128 Å². The minimum Gasteiger partial charge on any atom is -0.480 e. The van der Waals surface area contributed by atoms with E-state index < -0.39 is 38.1 Å². The highest BCUT2D eigenvalue weighted by Gasteiger charge is 2.29. The third-order valence-corrected chi connectivity index (χ3v) is 5.01. The molecule has 0 aliphatic carbocycles. The largest absolute Gasteiger partial charge is 0.480 e. The summed E-state index contributed by atoms with van der Waals surface area (Å²) in [5.41, 5.74) is 5.84. The maximum atomic E-state index is 11.9. The van der Waals surface area contributed by atoms with Gasteiger partial charge in [0.15, 0.2) is 0 Å². The zero-order valence-corrected chi connectivity index (χ0v) is 14.7. The number of carboxylic acid groups (broad SMARTS) is 1. The molecule has 0 aromatic rings. The molecule has 0 rings (SSSR count). The third-order valence-electron chi connectivity index (χ3n) is 3.22. The lowest BCUT2D eigenvalue weighted by Gasteiger charge is -2.24. The van der Waals surface area contributed by atoms with Crippen molar-refractivity contribution in [2.24, 2.45) is 11.7 Å². The normalized spacial score (nSPS) is 16.4. The number of carbonyl (C=O) groups excluding carboxylic acids is 1.